The lowest BCUT2D eigenvalue weighted by molar-refractivity contribution is 0.0516. The number of ether oxygens (including phenoxy) is 3. The third-order valence-corrected chi connectivity index (χ3v) is 2.19. The summed E-state index contributed by atoms with van der Waals surface area (Å²) >= 11 is 0. The van der Waals surface area contributed by atoms with E-state index in [0.717, 1.165) is 39.1 Å². The maximum atomic E-state index is 5.38. The second-order valence-electron chi connectivity index (χ2n) is 3.87. The van der Waals surface area contributed by atoms with Crippen LogP contribution in [-0.2, 0) is 14.2 Å². The predicted molar refractivity (Wildman–Crippen MR) is 72.7 cm³/mol. The van der Waals surface area contributed by atoms with Crippen molar-refractivity contribution in [1.82, 2.24) is 5.32 Å². The second kappa shape index (κ2) is 16.8. The first-order valence-corrected chi connectivity index (χ1v) is 6.76. The zero-order valence-corrected chi connectivity index (χ0v) is 11.4. The fourth-order valence-electron chi connectivity index (χ4n) is 1.26. The van der Waals surface area contributed by atoms with Gasteiger partial charge in [-0.3, -0.25) is 0 Å². The molecular formula is C12H29N3O3. The van der Waals surface area contributed by atoms with Crippen molar-refractivity contribution in [2.75, 3.05) is 65.8 Å². The van der Waals surface area contributed by atoms with E-state index in [0.29, 0.717) is 39.5 Å². The van der Waals surface area contributed by atoms with Crippen molar-refractivity contribution in [3.8, 4) is 0 Å². The Morgan fingerprint density at radius 3 is 2.00 bits per heavy atom. The summed E-state index contributed by atoms with van der Waals surface area (Å²) in [6, 6.07) is 0. The molecule has 0 fully saturated rings. The lowest BCUT2D eigenvalue weighted by Crippen LogP contribution is -2.23. The monoisotopic (exact) mass is 263 g/mol. The van der Waals surface area contributed by atoms with Gasteiger partial charge in [-0.1, -0.05) is 0 Å². The zero-order chi connectivity index (χ0) is 13.3. The van der Waals surface area contributed by atoms with Crippen LogP contribution in [0, 0.1) is 0 Å². The molecule has 0 aliphatic rings. The summed E-state index contributed by atoms with van der Waals surface area (Å²) in [7, 11) is 0. The minimum absolute atomic E-state index is 0.564. The third-order valence-electron chi connectivity index (χ3n) is 2.19. The maximum Gasteiger partial charge on any atom is 0.0701 e. The van der Waals surface area contributed by atoms with Crippen LogP contribution < -0.4 is 16.8 Å². The van der Waals surface area contributed by atoms with Gasteiger partial charge in [0.1, 0.15) is 0 Å². The van der Waals surface area contributed by atoms with E-state index in [2.05, 4.69) is 5.32 Å². The van der Waals surface area contributed by atoms with Gasteiger partial charge in [0.2, 0.25) is 0 Å². The molecule has 0 heterocycles. The molecule has 0 atom stereocenters. The average molecular weight is 263 g/mol. The highest BCUT2D eigenvalue weighted by atomic mass is 16.5. The number of nitrogens with one attached hydrogen (secondary N) is 1. The molecule has 0 aliphatic heterocycles. The minimum Gasteiger partial charge on any atom is -0.381 e. The van der Waals surface area contributed by atoms with Gasteiger partial charge in [-0.25, -0.2) is 0 Å². The van der Waals surface area contributed by atoms with Crippen LogP contribution in [0.3, 0.4) is 0 Å². The molecule has 0 aromatic heterocycles. The third kappa shape index (κ3) is 15.8. The SMILES string of the molecule is NCCCOCCCNCCOCCOCCN. The summed E-state index contributed by atoms with van der Waals surface area (Å²) in [6.45, 7) is 7.19. The zero-order valence-electron chi connectivity index (χ0n) is 11.4. The van der Waals surface area contributed by atoms with Gasteiger partial charge in [-0.15, -0.1) is 0 Å². The van der Waals surface area contributed by atoms with Crippen molar-refractivity contribution < 1.29 is 14.2 Å². The van der Waals surface area contributed by atoms with E-state index in [1.807, 2.05) is 0 Å². The van der Waals surface area contributed by atoms with Crippen LogP contribution in [0.5, 0.6) is 0 Å². The Morgan fingerprint density at radius 1 is 0.611 bits per heavy atom. The first kappa shape index (κ1) is 17.8. The van der Waals surface area contributed by atoms with Crippen LogP contribution in [0.4, 0.5) is 0 Å². The molecule has 110 valence electrons. The molecule has 0 amide bonds. The average Bonchev–Trinajstić information content (AvgIpc) is 2.39. The van der Waals surface area contributed by atoms with Gasteiger partial charge in [0.15, 0.2) is 0 Å². The molecule has 0 saturated carbocycles. The van der Waals surface area contributed by atoms with Crippen molar-refractivity contribution in [3.63, 3.8) is 0 Å². The minimum atomic E-state index is 0.564. The largest absolute Gasteiger partial charge is 0.381 e. The molecule has 0 unspecified atom stereocenters. The van der Waals surface area contributed by atoms with Gasteiger partial charge in [0.05, 0.1) is 26.4 Å². The maximum absolute atomic E-state index is 5.38. The van der Waals surface area contributed by atoms with Gasteiger partial charge in [0, 0.05) is 26.3 Å². The van der Waals surface area contributed by atoms with Gasteiger partial charge < -0.3 is 31.0 Å². The summed E-state index contributed by atoms with van der Waals surface area (Å²) in [5, 5.41) is 3.29. The summed E-state index contributed by atoms with van der Waals surface area (Å²) in [4.78, 5) is 0. The Morgan fingerprint density at radius 2 is 1.28 bits per heavy atom. The molecule has 0 aliphatic carbocycles. The smallest absolute Gasteiger partial charge is 0.0701 e. The van der Waals surface area contributed by atoms with Gasteiger partial charge >= 0.3 is 0 Å². The van der Waals surface area contributed by atoms with E-state index in [1.165, 1.54) is 0 Å². The number of hydrogen-bond acceptors (Lipinski definition) is 6. The molecule has 6 nitrogen and oxygen atoms in total. The molecular weight excluding hydrogens is 234 g/mol. The highest BCUT2D eigenvalue weighted by molar-refractivity contribution is 4.47. The van der Waals surface area contributed by atoms with E-state index in [-0.39, 0.29) is 0 Å². The van der Waals surface area contributed by atoms with E-state index in [1.54, 1.807) is 0 Å². The summed E-state index contributed by atoms with van der Waals surface area (Å²) < 4.78 is 15.9. The fraction of sp³-hybridized carbons (Fsp3) is 1.00. The molecule has 6 heteroatoms. The van der Waals surface area contributed by atoms with Gasteiger partial charge in [0.25, 0.3) is 0 Å². The number of rotatable bonds is 15. The van der Waals surface area contributed by atoms with Gasteiger partial charge in [-0.2, -0.15) is 0 Å². The first-order valence-electron chi connectivity index (χ1n) is 6.76. The Bertz CT molecular complexity index is 135. The van der Waals surface area contributed by atoms with Crippen LogP contribution in [0.1, 0.15) is 12.8 Å². The summed E-state index contributed by atoms with van der Waals surface area (Å²) in [5.74, 6) is 0. The van der Waals surface area contributed by atoms with E-state index >= 15 is 0 Å². The molecule has 18 heavy (non-hydrogen) atoms. The molecule has 0 radical (unpaired) electrons. The predicted octanol–water partition coefficient (Wildman–Crippen LogP) is -0.677. The topological polar surface area (TPSA) is 91.8 Å². The fourth-order valence-corrected chi connectivity index (χ4v) is 1.26. The van der Waals surface area contributed by atoms with E-state index < -0.39 is 0 Å². The standard InChI is InChI=1S/C12H29N3O3/c13-3-1-7-16-8-2-5-15-6-10-18-12-11-17-9-4-14/h15H,1-14H2. The lowest BCUT2D eigenvalue weighted by atomic mass is 10.4. The summed E-state index contributed by atoms with van der Waals surface area (Å²) in [6.07, 6.45) is 1.96. The molecule has 0 saturated heterocycles. The highest BCUT2D eigenvalue weighted by Gasteiger charge is 1.91. The Balaban J connectivity index is 2.86. The molecule has 0 rings (SSSR count). The van der Waals surface area contributed by atoms with Crippen molar-refractivity contribution in [3.05, 3.63) is 0 Å². The Labute approximate surface area is 110 Å². The normalized spacial score (nSPS) is 11.0. The van der Waals surface area contributed by atoms with Crippen LogP contribution >= 0.6 is 0 Å². The second-order valence-corrected chi connectivity index (χ2v) is 3.87. The molecule has 0 aromatic carbocycles. The quantitative estimate of drug-likeness (QED) is 0.339. The van der Waals surface area contributed by atoms with Crippen LogP contribution in [-0.4, -0.2) is 65.8 Å². The van der Waals surface area contributed by atoms with E-state index in [4.69, 9.17) is 25.7 Å². The number of nitrogens with two attached hydrogens (primary N) is 2. The first-order chi connectivity index (χ1) is 8.91. The Kier molecular flexibility index (Phi) is 16.5. The van der Waals surface area contributed by atoms with Crippen LogP contribution in [0.15, 0.2) is 0 Å². The molecule has 0 bridgehead atoms. The van der Waals surface area contributed by atoms with Crippen molar-refractivity contribution >= 4 is 0 Å². The highest BCUT2D eigenvalue weighted by Crippen LogP contribution is 1.84. The van der Waals surface area contributed by atoms with Crippen LogP contribution in [0.25, 0.3) is 0 Å². The van der Waals surface area contributed by atoms with Crippen molar-refractivity contribution in [2.45, 2.75) is 12.8 Å². The van der Waals surface area contributed by atoms with Gasteiger partial charge in [-0.05, 0) is 25.9 Å². The molecule has 0 aromatic rings. The van der Waals surface area contributed by atoms with Crippen LogP contribution in [0.2, 0.25) is 0 Å². The summed E-state index contributed by atoms with van der Waals surface area (Å²) in [5.41, 5.74) is 10.6. The lowest BCUT2D eigenvalue weighted by Gasteiger charge is -2.07. The van der Waals surface area contributed by atoms with E-state index in [9.17, 15) is 0 Å². The molecule has 0 spiro atoms. The Hall–Kier alpha value is -0.240. The molecule has 5 N–H and O–H groups in total. The number of hydrogen-bond donors (Lipinski definition) is 3. The van der Waals surface area contributed by atoms with Crippen molar-refractivity contribution in [1.29, 1.82) is 0 Å². The van der Waals surface area contributed by atoms with Crippen molar-refractivity contribution in [2.24, 2.45) is 11.5 Å².